The minimum atomic E-state index is 0.408. The van der Waals surface area contributed by atoms with Crippen molar-refractivity contribution in [2.45, 2.75) is 20.3 Å². The molecule has 1 heterocycles. The van der Waals surface area contributed by atoms with E-state index < -0.39 is 0 Å². The first-order valence-corrected chi connectivity index (χ1v) is 6.28. The fraction of sp³-hybridized carbons (Fsp3) is 0.231. The summed E-state index contributed by atoms with van der Waals surface area (Å²) in [6.07, 6.45) is 0.688. The molecule has 0 spiro atoms. The molecule has 3 N–H and O–H groups in total. The number of nitrogens with zero attached hydrogens (tertiary/aromatic N) is 2. The Morgan fingerprint density at radius 3 is 2.74 bits per heavy atom. The number of ether oxygens (including phenoxy) is 1. The SMILES string of the molecule is CCc1nc(NN)cc(Oc2ccc(C)cc2Cl)n1. The van der Waals surface area contributed by atoms with Crippen LogP contribution in [0.15, 0.2) is 24.3 Å². The molecule has 19 heavy (non-hydrogen) atoms. The van der Waals surface area contributed by atoms with Crippen LogP contribution in [0, 0.1) is 6.92 Å². The second kappa shape index (κ2) is 5.86. The van der Waals surface area contributed by atoms with Gasteiger partial charge < -0.3 is 10.2 Å². The molecule has 6 heteroatoms. The quantitative estimate of drug-likeness (QED) is 0.664. The molecule has 2 rings (SSSR count). The molecule has 0 fully saturated rings. The molecular formula is C13H15ClN4O. The van der Waals surface area contributed by atoms with Gasteiger partial charge in [-0.25, -0.2) is 10.8 Å². The van der Waals surface area contributed by atoms with Gasteiger partial charge in [0.25, 0.3) is 0 Å². The van der Waals surface area contributed by atoms with Gasteiger partial charge in [0.05, 0.1) is 5.02 Å². The maximum atomic E-state index is 6.12. The molecule has 0 amide bonds. The third kappa shape index (κ3) is 3.33. The van der Waals surface area contributed by atoms with Crippen LogP contribution in [0.1, 0.15) is 18.3 Å². The molecule has 0 aliphatic rings. The van der Waals surface area contributed by atoms with Gasteiger partial charge in [0, 0.05) is 12.5 Å². The molecule has 0 unspecified atom stereocenters. The minimum Gasteiger partial charge on any atom is -0.437 e. The van der Waals surface area contributed by atoms with Crippen molar-refractivity contribution in [2.24, 2.45) is 5.84 Å². The van der Waals surface area contributed by atoms with Crippen LogP contribution in [0.4, 0.5) is 5.82 Å². The lowest BCUT2D eigenvalue weighted by molar-refractivity contribution is 0.459. The molecule has 0 aliphatic heterocycles. The summed E-state index contributed by atoms with van der Waals surface area (Å²) >= 11 is 6.12. The van der Waals surface area contributed by atoms with E-state index in [0.717, 1.165) is 5.56 Å². The van der Waals surface area contributed by atoms with Gasteiger partial charge in [-0.05, 0) is 24.6 Å². The van der Waals surface area contributed by atoms with E-state index in [0.29, 0.717) is 34.7 Å². The first kappa shape index (κ1) is 13.6. The highest BCUT2D eigenvalue weighted by atomic mass is 35.5. The molecule has 1 aromatic carbocycles. The second-order valence-electron chi connectivity index (χ2n) is 4.04. The Hall–Kier alpha value is -1.85. The van der Waals surface area contributed by atoms with Crippen LogP contribution >= 0.6 is 11.6 Å². The first-order valence-electron chi connectivity index (χ1n) is 5.91. The van der Waals surface area contributed by atoms with Crippen LogP contribution < -0.4 is 16.0 Å². The first-order chi connectivity index (χ1) is 9.12. The number of benzene rings is 1. The van der Waals surface area contributed by atoms with Crippen molar-refractivity contribution in [3.05, 3.63) is 40.7 Å². The Balaban J connectivity index is 2.31. The van der Waals surface area contributed by atoms with E-state index in [1.807, 2.05) is 26.0 Å². The predicted octanol–water partition coefficient (Wildman–Crippen LogP) is 3.08. The van der Waals surface area contributed by atoms with Crippen LogP contribution in [-0.4, -0.2) is 9.97 Å². The minimum absolute atomic E-state index is 0.408. The Labute approximate surface area is 116 Å². The van der Waals surface area contributed by atoms with Crippen LogP contribution in [0.3, 0.4) is 0 Å². The predicted molar refractivity (Wildman–Crippen MR) is 75.5 cm³/mol. The fourth-order valence-corrected chi connectivity index (χ4v) is 1.83. The van der Waals surface area contributed by atoms with Gasteiger partial charge >= 0.3 is 0 Å². The number of hydrazine groups is 1. The number of anilines is 1. The van der Waals surface area contributed by atoms with Crippen LogP contribution in [0.2, 0.25) is 5.02 Å². The van der Waals surface area contributed by atoms with Gasteiger partial charge in [0.1, 0.15) is 17.4 Å². The van der Waals surface area contributed by atoms with Crippen molar-refractivity contribution >= 4 is 17.4 Å². The Bertz CT molecular complexity index is 567. The van der Waals surface area contributed by atoms with Gasteiger partial charge in [-0.1, -0.05) is 24.6 Å². The zero-order valence-corrected chi connectivity index (χ0v) is 11.5. The van der Waals surface area contributed by atoms with E-state index >= 15 is 0 Å². The van der Waals surface area contributed by atoms with Crippen LogP contribution in [0.5, 0.6) is 11.6 Å². The standard InChI is InChI=1S/C13H15ClN4O/c1-3-11-16-12(18-15)7-13(17-11)19-10-5-4-8(2)6-9(10)14/h4-7H,3,15H2,1-2H3,(H,16,17,18). The number of halogens is 1. The smallest absolute Gasteiger partial charge is 0.224 e. The summed E-state index contributed by atoms with van der Waals surface area (Å²) in [4.78, 5) is 8.46. The highest BCUT2D eigenvalue weighted by Crippen LogP contribution is 2.29. The lowest BCUT2D eigenvalue weighted by Gasteiger charge is -2.09. The van der Waals surface area contributed by atoms with E-state index in [4.69, 9.17) is 22.2 Å². The van der Waals surface area contributed by atoms with Gasteiger partial charge in [-0.15, -0.1) is 0 Å². The fourth-order valence-electron chi connectivity index (χ4n) is 1.56. The number of nitrogen functional groups attached to an aromatic ring is 1. The molecule has 0 saturated heterocycles. The van der Waals surface area contributed by atoms with E-state index in [1.54, 1.807) is 12.1 Å². The maximum absolute atomic E-state index is 6.12. The molecule has 1 aromatic heterocycles. The Morgan fingerprint density at radius 2 is 2.11 bits per heavy atom. The van der Waals surface area contributed by atoms with E-state index in [9.17, 15) is 0 Å². The van der Waals surface area contributed by atoms with E-state index in [2.05, 4.69) is 15.4 Å². The molecule has 0 atom stereocenters. The van der Waals surface area contributed by atoms with Crippen molar-refractivity contribution < 1.29 is 4.74 Å². The van der Waals surface area contributed by atoms with Gasteiger partial charge in [0.2, 0.25) is 5.88 Å². The molecule has 2 aromatic rings. The highest BCUT2D eigenvalue weighted by Gasteiger charge is 2.07. The normalized spacial score (nSPS) is 10.3. The number of aromatic nitrogens is 2. The van der Waals surface area contributed by atoms with Crippen molar-refractivity contribution in [1.29, 1.82) is 0 Å². The summed E-state index contributed by atoms with van der Waals surface area (Å²) < 4.78 is 5.67. The maximum Gasteiger partial charge on any atom is 0.224 e. The van der Waals surface area contributed by atoms with Crippen molar-refractivity contribution in [3.8, 4) is 11.6 Å². The lowest BCUT2D eigenvalue weighted by atomic mass is 10.2. The largest absolute Gasteiger partial charge is 0.437 e. The average Bonchev–Trinajstić information content (AvgIpc) is 2.41. The zero-order valence-electron chi connectivity index (χ0n) is 10.8. The molecule has 100 valence electrons. The summed E-state index contributed by atoms with van der Waals surface area (Å²) in [6.45, 7) is 3.92. The summed E-state index contributed by atoms with van der Waals surface area (Å²) in [5, 5.41) is 0.541. The molecule has 0 bridgehead atoms. The summed E-state index contributed by atoms with van der Waals surface area (Å²) in [5.74, 6) is 7.47. The Kier molecular flexibility index (Phi) is 4.19. The molecule has 0 saturated carbocycles. The monoisotopic (exact) mass is 278 g/mol. The molecular weight excluding hydrogens is 264 g/mol. The van der Waals surface area contributed by atoms with Gasteiger partial charge in [0.15, 0.2) is 0 Å². The summed E-state index contributed by atoms with van der Waals surface area (Å²) in [7, 11) is 0. The highest BCUT2D eigenvalue weighted by molar-refractivity contribution is 6.32. The van der Waals surface area contributed by atoms with Gasteiger partial charge in [-0.3, -0.25) is 0 Å². The van der Waals surface area contributed by atoms with Crippen LogP contribution in [-0.2, 0) is 6.42 Å². The second-order valence-corrected chi connectivity index (χ2v) is 4.45. The van der Waals surface area contributed by atoms with Crippen molar-refractivity contribution in [1.82, 2.24) is 9.97 Å². The third-order valence-electron chi connectivity index (χ3n) is 2.51. The van der Waals surface area contributed by atoms with Crippen molar-refractivity contribution in [3.63, 3.8) is 0 Å². The number of hydrogen-bond donors (Lipinski definition) is 2. The lowest BCUT2D eigenvalue weighted by Crippen LogP contribution is -2.10. The van der Waals surface area contributed by atoms with E-state index in [1.165, 1.54) is 0 Å². The number of nitrogens with two attached hydrogens (primary N) is 1. The third-order valence-corrected chi connectivity index (χ3v) is 2.81. The zero-order chi connectivity index (χ0) is 13.8. The molecule has 5 nitrogen and oxygen atoms in total. The topological polar surface area (TPSA) is 73.1 Å². The molecule has 0 radical (unpaired) electrons. The van der Waals surface area contributed by atoms with Gasteiger partial charge in [-0.2, -0.15) is 4.98 Å². The van der Waals surface area contributed by atoms with E-state index in [-0.39, 0.29) is 0 Å². The Morgan fingerprint density at radius 1 is 1.32 bits per heavy atom. The number of aryl methyl sites for hydroxylation is 2. The summed E-state index contributed by atoms with van der Waals surface area (Å²) in [5.41, 5.74) is 3.56. The van der Waals surface area contributed by atoms with Crippen LogP contribution in [0.25, 0.3) is 0 Å². The molecule has 0 aliphatic carbocycles. The number of nitrogens with one attached hydrogen (secondary N) is 1. The average molecular weight is 279 g/mol. The van der Waals surface area contributed by atoms with Crippen molar-refractivity contribution in [2.75, 3.05) is 5.43 Å². The number of hydrogen-bond acceptors (Lipinski definition) is 5. The summed E-state index contributed by atoms with van der Waals surface area (Å²) in [6, 6.07) is 7.18. The number of rotatable bonds is 4.